The molecular formula is C12H11N5O4S. The molecule has 2 aromatic rings. The van der Waals surface area contributed by atoms with Crippen molar-refractivity contribution in [3.63, 3.8) is 0 Å². The van der Waals surface area contributed by atoms with E-state index in [1.165, 1.54) is 19.3 Å². The van der Waals surface area contributed by atoms with Crippen LogP contribution >= 0.6 is 0 Å². The van der Waals surface area contributed by atoms with E-state index in [1.807, 2.05) is 0 Å². The van der Waals surface area contributed by atoms with Crippen molar-refractivity contribution < 1.29 is 18.3 Å². The maximum absolute atomic E-state index is 12.3. The molecular weight excluding hydrogens is 310 g/mol. The lowest BCUT2D eigenvalue weighted by Gasteiger charge is -2.26. The number of carbonyl (C=O) groups excluding carboxylic acids is 1. The van der Waals surface area contributed by atoms with Crippen molar-refractivity contribution >= 4 is 27.5 Å². The minimum atomic E-state index is -3.98. The Hall–Kier alpha value is -2.88. The third-order valence-electron chi connectivity index (χ3n) is 3.14. The number of sulfonamides is 1. The number of anilines is 1. The van der Waals surface area contributed by atoms with Gasteiger partial charge in [-0.15, -0.1) is 0 Å². The smallest absolute Gasteiger partial charge is 0.282 e. The second kappa shape index (κ2) is 4.84. The highest BCUT2D eigenvalue weighted by Gasteiger charge is 2.39. The summed E-state index contributed by atoms with van der Waals surface area (Å²) in [5, 5.41) is 18.3. The molecule has 0 fully saturated rings. The number of aromatic nitrogens is 3. The number of fused-ring (bicyclic) bond motifs is 1. The monoisotopic (exact) mass is 321 g/mol. The molecule has 9 nitrogen and oxygen atoms in total. The van der Waals surface area contributed by atoms with Gasteiger partial charge in [-0.2, -0.15) is 13.5 Å². The highest BCUT2D eigenvalue weighted by atomic mass is 32.2. The molecule has 0 atom stereocenters. The summed E-state index contributed by atoms with van der Waals surface area (Å²) in [4.78, 5) is 16.2. The zero-order valence-corrected chi connectivity index (χ0v) is 12.1. The van der Waals surface area contributed by atoms with Gasteiger partial charge >= 0.3 is 0 Å². The van der Waals surface area contributed by atoms with Gasteiger partial charge in [-0.3, -0.25) is 14.2 Å². The molecule has 0 bridgehead atoms. The van der Waals surface area contributed by atoms with Crippen molar-refractivity contribution in [1.29, 1.82) is 0 Å². The Morgan fingerprint density at radius 3 is 2.86 bits per heavy atom. The molecule has 3 N–H and O–H groups in total. The number of H-pyrrole nitrogens is 1. The summed E-state index contributed by atoms with van der Waals surface area (Å²) >= 11 is 0. The van der Waals surface area contributed by atoms with Crippen LogP contribution in [0.2, 0.25) is 0 Å². The molecule has 0 aliphatic carbocycles. The van der Waals surface area contributed by atoms with Crippen LogP contribution < -0.4 is 5.32 Å². The number of likely N-dealkylation sites (N-methyl/N-ethyl adjacent to an activating group) is 1. The molecule has 0 saturated carbocycles. The van der Waals surface area contributed by atoms with Crippen molar-refractivity contribution in [2.24, 2.45) is 0 Å². The van der Waals surface area contributed by atoms with E-state index in [4.69, 9.17) is 0 Å². The molecule has 1 amide bonds. The number of pyridine rings is 1. The lowest BCUT2D eigenvalue weighted by molar-refractivity contribution is -0.113. The SMILES string of the molecule is CN1C(C(=O)Nc2ccccn2)=C(O)c2cn[nH]c2S1(=O)=O. The van der Waals surface area contributed by atoms with Crippen LogP contribution in [-0.2, 0) is 14.8 Å². The van der Waals surface area contributed by atoms with Gasteiger partial charge in [0.1, 0.15) is 5.82 Å². The Balaban J connectivity index is 2.06. The summed E-state index contributed by atoms with van der Waals surface area (Å²) in [6.45, 7) is 0. The van der Waals surface area contributed by atoms with Gasteiger partial charge in [0.05, 0.1) is 11.8 Å². The van der Waals surface area contributed by atoms with Gasteiger partial charge in [0, 0.05) is 13.2 Å². The fourth-order valence-electron chi connectivity index (χ4n) is 2.04. The molecule has 0 unspecified atom stereocenters. The van der Waals surface area contributed by atoms with E-state index in [1.54, 1.807) is 12.1 Å². The molecule has 22 heavy (non-hydrogen) atoms. The van der Waals surface area contributed by atoms with Gasteiger partial charge in [-0.1, -0.05) is 6.07 Å². The van der Waals surface area contributed by atoms with Gasteiger partial charge in [-0.05, 0) is 12.1 Å². The van der Waals surface area contributed by atoms with Gasteiger partial charge in [-0.25, -0.2) is 4.98 Å². The van der Waals surface area contributed by atoms with Crippen molar-refractivity contribution in [1.82, 2.24) is 19.5 Å². The molecule has 10 heteroatoms. The Kier molecular flexibility index (Phi) is 3.10. The van der Waals surface area contributed by atoms with Crippen LogP contribution in [0.3, 0.4) is 0 Å². The van der Waals surface area contributed by atoms with E-state index in [0.717, 1.165) is 6.20 Å². The van der Waals surface area contributed by atoms with Crippen molar-refractivity contribution in [3.05, 3.63) is 41.9 Å². The Morgan fingerprint density at radius 2 is 2.18 bits per heavy atom. The third kappa shape index (κ3) is 2.00. The highest BCUT2D eigenvalue weighted by Crippen LogP contribution is 2.33. The van der Waals surface area contributed by atoms with E-state index in [0.29, 0.717) is 4.31 Å². The van der Waals surface area contributed by atoms with Crippen LogP contribution in [0.4, 0.5) is 5.82 Å². The largest absolute Gasteiger partial charge is 0.505 e. The summed E-state index contributed by atoms with van der Waals surface area (Å²) in [7, 11) is -2.81. The van der Waals surface area contributed by atoms with Crippen LogP contribution in [0.25, 0.3) is 5.76 Å². The van der Waals surface area contributed by atoms with Crippen LogP contribution in [-0.4, -0.2) is 46.0 Å². The molecule has 3 heterocycles. The maximum Gasteiger partial charge on any atom is 0.282 e. The van der Waals surface area contributed by atoms with E-state index in [9.17, 15) is 18.3 Å². The van der Waals surface area contributed by atoms with Gasteiger partial charge in [0.15, 0.2) is 16.5 Å². The Labute approximate surface area is 125 Å². The Bertz CT molecular complexity index is 872. The molecule has 2 aromatic heterocycles. The Morgan fingerprint density at radius 1 is 1.41 bits per heavy atom. The standard InChI is InChI=1S/C12H11N5O4S/c1-17-9(11(19)15-8-4-2-3-5-13-8)10(18)7-6-14-16-12(7)22(17,20)21/h2-6,18H,1H3,(H,14,16)(H,13,15,19). The number of aliphatic hydroxyl groups is 1. The predicted molar refractivity (Wildman–Crippen MR) is 76.0 cm³/mol. The van der Waals surface area contributed by atoms with E-state index in [-0.39, 0.29) is 16.4 Å². The van der Waals surface area contributed by atoms with Gasteiger partial charge in [0.2, 0.25) is 0 Å². The number of amides is 1. The molecule has 0 radical (unpaired) electrons. The summed E-state index contributed by atoms with van der Waals surface area (Å²) in [6.07, 6.45) is 2.61. The number of nitrogens with zero attached hydrogens (tertiary/aromatic N) is 3. The van der Waals surface area contributed by atoms with E-state index >= 15 is 0 Å². The number of hydrogen-bond donors (Lipinski definition) is 3. The number of nitrogens with one attached hydrogen (secondary N) is 2. The fourth-order valence-corrected chi connectivity index (χ4v) is 3.32. The molecule has 114 valence electrons. The first-order valence-electron chi connectivity index (χ1n) is 6.11. The molecule has 0 aromatic carbocycles. The predicted octanol–water partition coefficient (Wildman–Crippen LogP) is 0.304. The van der Waals surface area contributed by atoms with E-state index < -0.39 is 27.4 Å². The molecule has 0 saturated heterocycles. The quantitative estimate of drug-likeness (QED) is 0.730. The average molecular weight is 321 g/mol. The lowest BCUT2D eigenvalue weighted by atomic mass is 10.2. The first-order chi connectivity index (χ1) is 10.4. The fraction of sp³-hybridized carbons (Fsp3) is 0.0833. The number of aliphatic hydroxyl groups excluding tert-OH is 1. The first-order valence-corrected chi connectivity index (χ1v) is 7.55. The molecule has 1 aliphatic rings. The summed E-state index contributed by atoms with van der Waals surface area (Å²) in [5.74, 6) is -1.04. The summed E-state index contributed by atoms with van der Waals surface area (Å²) in [6, 6.07) is 4.86. The zero-order valence-electron chi connectivity index (χ0n) is 11.3. The maximum atomic E-state index is 12.3. The van der Waals surface area contributed by atoms with Crippen molar-refractivity contribution in [2.45, 2.75) is 5.03 Å². The van der Waals surface area contributed by atoms with Crippen LogP contribution in [0.5, 0.6) is 0 Å². The van der Waals surface area contributed by atoms with E-state index in [2.05, 4.69) is 20.5 Å². The number of rotatable bonds is 2. The minimum absolute atomic E-state index is 0.0516. The highest BCUT2D eigenvalue weighted by molar-refractivity contribution is 7.89. The molecule has 0 spiro atoms. The normalized spacial score (nSPS) is 16.3. The molecule has 1 aliphatic heterocycles. The van der Waals surface area contributed by atoms with Gasteiger partial charge < -0.3 is 10.4 Å². The molecule has 3 rings (SSSR count). The zero-order chi connectivity index (χ0) is 15.9. The van der Waals surface area contributed by atoms with Gasteiger partial charge in [0.25, 0.3) is 15.9 Å². The first kappa shape index (κ1) is 14.1. The summed E-state index contributed by atoms with van der Waals surface area (Å²) in [5.41, 5.74) is -0.455. The minimum Gasteiger partial charge on any atom is -0.505 e. The number of hydrogen-bond acceptors (Lipinski definition) is 6. The van der Waals surface area contributed by atoms with Crippen molar-refractivity contribution in [2.75, 3.05) is 12.4 Å². The topological polar surface area (TPSA) is 128 Å². The second-order valence-corrected chi connectivity index (χ2v) is 6.36. The van der Waals surface area contributed by atoms with Crippen molar-refractivity contribution in [3.8, 4) is 0 Å². The third-order valence-corrected chi connectivity index (χ3v) is 4.87. The lowest BCUT2D eigenvalue weighted by Crippen LogP contribution is -2.37. The van der Waals surface area contributed by atoms with Crippen LogP contribution in [0.1, 0.15) is 5.56 Å². The number of aromatic amines is 1. The number of carbonyl (C=O) groups is 1. The van der Waals surface area contributed by atoms with Crippen LogP contribution in [0.15, 0.2) is 41.3 Å². The summed E-state index contributed by atoms with van der Waals surface area (Å²) < 4.78 is 25.3. The van der Waals surface area contributed by atoms with Crippen LogP contribution in [0, 0.1) is 0 Å². The average Bonchev–Trinajstić information content (AvgIpc) is 2.97. The second-order valence-electron chi connectivity index (χ2n) is 4.45.